The molecule has 0 bridgehead atoms. The number of hydrogen-bond acceptors (Lipinski definition) is 5. The molecule has 2 rings (SSSR count). The van der Waals surface area contributed by atoms with E-state index in [0.717, 1.165) is 0 Å². The molecule has 31 heavy (non-hydrogen) atoms. The van der Waals surface area contributed by atoms with Crippen LogP contribution >= 0.6 is 0 Å². The maximum absolute atomic E-state index is 12.3. The molecule has 0 heterocycles. The molecule has 0 unspecified atom stereocenters. The van der Waals surface area contributed by atoms with E-state index in [1.54, 1.807) is 45.0 Å². The third-order valence-corrected chi connectivity index (χ3v) is 5.42. The molecule has 0 aromatic heterocycles. The Morgan fingerprint density at radius 1 is 1.00 bits per heavy atom. The second-order valence-corrected chi connectivity index (χ2v) is 9.52. The van der Waals surface area contributed by atoms with Crippen molar-refractivity contribution in [3.8, 4) is 0 Å². The Hall–Kier alpha value is -3.24. The number of carbonyl (C=O) groups is 2. The predicted octanol–water partition coefficient (Wildman–Crippen LogP) is 0.413. The molecule has 0 aliphatic rings. The van der Waals surface area contributed by atoms with Gasteiger partial charge in [0.2, 0.25) is 15.9 Å². The number of benzene rings is 2. The second-order valence-electron chi connectivity index (χ2n) is 7.75. The van der Waals surface area contributed by atoms with Crippen molar-refractivity contribution in [3.63, 3.8) is 0 Å². The fourth-order valence-corrected chi connectivity index (χ4v) is 3.49. The minimum atomic E-state index is -3.77. The van der Waals surface area contributed by atoms with Crippen molar-refractivity contribution in [2.45, 2.75) is 37.7 Å². The molecule has 0 saturated heterocycles. The second kappa shape index (κ2) is 9.71. The summed E-state index contributed by atoms with van der Waals surface area (Å²) in [6.45, 7) is 5.24. The van der Waals surface area contributed by atoms with Gasteiger partial charge in [-0.15, -0.1) is 0 Å². The monoisotopic (exact) mass is 447 g/mol. The van der Waals surface area contributed by atoms with Gasteiger partial charge in [0.05, 0.1) is 16.0 Å². The molecule has 0 fully saturated rings. The van der Waals surface area contributed by atoms with Crippen molar-refractivity contribution >= 4 is 33.4 Å². The van der Waals surface area contributed by atoms with Gasteiger partial charge in [-0.1, -0.05) is 0 Å². The summed E-state index contributed by atoms with van der Waals surface area (Å²) < 4.78 is 32.2. The summed E-state index contributed by atoms with van der Waals surface area (Å²) in [5.41, 5.74) is 6.22. The molecule has 9 nitrogen and oxygen atoms in total. The molecule has 6 N–H and O–H groups in total. The SMILES string of the molecule is CC(C)(C)OC(=O)c1ccc(NC(=O)CCNS(=O)(=O)c2ccc(C(N)=[NH2+])cc2)cc1. The van der Waals surface area contributed by atoms with Gasteiger partial charge in [0.1, 0.15) is 5.60 Å². The topological polar surface area (TPSA) is 153 Å². The number of ether oxygens (including phenoxy) is 1. The third-order valence-electron chi connectivity index (χ3n) is 3.95. The van der Waals surface area contributed by atoms with Crippen LogP contribution in [0.25, 0.3) is 0 Å². The van der Waals surface area contributed by atoms with E-state index in [2.05, 4.69) is 10.0 Å². The summed E-state index contributed by atoms with van der Waals surface area (Å²) in [5.74, 6) is -0.749. The van der Waals surface area contributed by atoms with Crippen LogP contribution in [-0.2, 0) is 19.6 Å². The molecular weight excluding hydrogens is 420 g/mol. The van der Waals surface area contributed by atoms with Gasteiger partial charge in [0.25, 0.3) is 5.84 Å². The van der Waals surface area contributed by atoms with Crippen molar-refractivity contribution in [1.29, 1.82) is 0 Å². The van der Waals surface area contributed by atoms with E-state index >= 15 is 0 Å². The highest BCUT2D eigenvalue weighted by atomic mass is 32.2. The van der Waals surface area contributed by atoms with Gasteiger partial charge in [0.15, 0.2) is 0 Å². The van der Waals surface area contributed by atoms with E-state index in [0.29, 0.717) is 16.8 Å². The summed E-state index contributed by atoms with van der Waals surface area (Å²) >= 11 is 0. The van der Waals surface area contributed by atoms with E-state index in [1.807, 2.05) is 0 Å². The van der Waals surface area contributed by atoms with Gasteiger partial charge in [-0.25, -0.2) is 17.9 Å². The Bertz CT molecular complexity index is 1060. The first-order valence-corrected chi connectivity index (χ1v) is 11.0. The molecule has 0 radical (unpaired) electrons. The molecule has 2 aromatic rings. The lowest BCUT2D eigenvalue weighted by Crippen LogP contribution is -2.46. The Labute approximate surface area is 181 Å². The quantitative estimate of drug-likeness (QED) is 0.261. The molecule has 0 spiro atoms. The van der Waals surface area contributed by atoms with Crippen molar-refractivity contribution in [3.05, 3.63) is 59.7 Å². The predicted molar refractivity (Wildman–Crippen MR) is 117 cm³/mol. The zero-order valence-corrected chi connectivity index (χ0v) is 18.5. The van der Waals surface area contributed by atoms with Crippen molar-refractivity contribution in [2.24, 2.45) is 5.73 Å². The van der Waals surface area contributed by atoms with Gasteiger partial charge < -0.3 is 10.1 Å². The van der Waals surface area contributed by atoms with Crippen LogP contribution in [-0.4, -0.2) is 38.3 Å². The van der Waals surface area contributed by atoms with Gasteiger partial charge >= 0.3 is 5.97 Å². The summed E-state index contributed by atoms with van der Waals surface area (Å²) in [7, 11) is -3.77. The largest absolute Gasteiger partial charge is 0.456 e. The van der Waals surface area contributed by atoms with Crippen LogP contribution in [0.15, 0.2) is 53.4 Å². The number of sulfonamides is 1. The van der Waals surface area contributed by atoms with E-state index in [-0.39, 0.29) is 29.6 Å². The highest BCUT2D eigenvalue weighted by Crippen LogP contribution is 2.15. The van der Waals surface area contributed by atoms with Gasteiger partial charge in [-0.05, 0) is 69.3 Å². The summed E-state index contributed by atoms with van der Waals surface area (Å²) in [4.78, 5) is 24.1. The van der Waals surface area contributed by atoms with Crippen LogP contribution < -0.4 is 21.2 Å². The zero-order chi connectivity index (χ0) is 23.2. The average molecular weight is 448 g/mol. The van der Waals surface area contributed by atoms with Gasteiger partial charge in [0, 0.05) is 18.7 Å². The summed E-state index contributed by atoms with van der Waals surface area (Å²) in [6, 6.07) is 12.0. The van der Waals surface area contributed by atoms with Crippen LogP contribution in [0.4, 0.5) is 5.69 Å². The highest BCUT2D eigenvalue weighted by molar-refractivity contribution is 7.89. The van der Waals surface area contributed by atoms with Crippen LogP contribution in [0.3, 0.4) is 0 Å². The first kappa shape index (κ1) is 24.0. The number of amidine groups is 1. The molecular formula is C21H27N4O5S+. The number of rotatable bonds is 8. The Morgan fingerprint density at radius 2 is 1.55 bits per heavy atom. The van der Waals surface area contributed by atoms with Crippen molar-refractivity contribution in [1.82, 2.24) is 4.72 Å². The molecule has 0 saturated carbocycles. The van der Waals surface area contributed by atoms with Crippen molar-refractivity contribution in [2.75, 3.05) is 11.9 Å². The van der Waals surface area contributed by atoms with E-state index in [4.69, 9.17) is 15.9 Å². The lowest BCUT2D eigenvalue weighted by atomic mass is 10.1. The molecule has 166 valence electrons. The maximum Gasteiger partial charge on any atom is 0.338 e. The fraction of sp³-hybridized carbons (Fsp3) is 0.286. The first-order valence-electron chi connectivity index (χ1n) is 9.49. The van der Waals surface area contributed by atoms with E-state index in [1.165, 1.54) is 24.3 Å². The number of amides is 1. The van der Waals surface area contributed by atoms with Gasteiger partial charge in [-0.2, -0.15) is 0 Å². The normalized spacial score (nSPS) is 11.6. The van der Waals surface area contributed by atoms with Gasteiger partial charge in [-0.3, -0.25) is 15.9 Å². The van der Waals surface area contributed by atoms with Crippen LogP contribution in [0.5, 0.6) is 0 Å². The Kier molecular flexibility index (Phi) is 7.53. The minimum absolute atomic E-state index is 0.0376. The van der Waals surface area contributed by atoms with Crippen molar-refractivity contribution < 1.29 is 28.2 Å². The average Bonchev–Trinajstić information content (AvgIpc) is 2.67. The molecule has 2 aromatic carbocycles. The smallest absolute Gasteiger partial charge is 0.338 e. The zero-order valence-electron chi connectivity index (χ0n) is 17.6. The van der Waals surface area contributed by atoms with Crippen LogP contribution in [0.1, 0.15) is 43.1 Å². The highest BCUT2D eigenvalue weighted by Gasteiger charge is 2.18. The van der Waals surface area contributed by atoms with Crippen LogP contribution in [0.2, 0.25) is 0 Å². The van der Waals surface area contributed by atoms with E-state index in [9.17, 15) is 18.0 Å². The fourth-order valence-electron chi connectivity index (χ4n) is 2.46. The first-order chi connectivity index (χ1) is 14.4. The minimum Gasteiger partial charge on any atom is -0.456 e. The number of carbonyl (C=O) groups excluding carboxylic acids is 2. The third kappa shape index (κ3) is 7.50. The number of anilines is 1. The Morgan fingerprint density at radius 3 is 2.06 bits per heavy atom. The summed E-state index contributed by atoms with van der Waals surface area (Å²) in [5, 5.41) is 8.10. The molecule has 10 heteroatoms. The summed E-state index contributed by atoms with van der Waals surface area (Å²) in [6.07, 6.45) is -0.0747. The number of esters is 1. The number of nitrogens with two attached hydrogens (primary N) is 2. The number of hydrogen-bond donors (Lipinski definition) is 4. The molecule has 0 atom stereocenters. The Balaban J connectivity index is 1.86. The van der Waals surface area contributed by atoms with Crippen LogP contribution in [0, 0.1) is 0 Å². The molecule has 1 amide bonds. The maximum atomic E-state index is 12.3. The number of nitrogens with one attached hydrogen (secondary N) is 2. The standard InChI is InChI=1S/C21H26N4O5S/c1-21(2,3)30-20(27)15-4-8-16(9-5-15)25-18(26)12-13-24-31(28,29)17-10-6-14(7-11-17)19(22)23/h4-11,24H,12-13H2,1-3H3,(H3,22,23)(H,25,26)/p+1. The lowest BCUT2D eigenvalue weighted by molar-refractivity contribution is -0.116. The lowest BCUT2D eigenvalue weighted by Gasteiger charge is -2.19. The van der Waals surface area contributed by atoms with E-state index < -0.39 is 21.6 Å². The molecule has 0 aliphatic carbocycles. The molecule has 0 aliphatic heterocycles.